The van der Waals surface area contributed by atoms with Crippen molar-refractivity contribution in [1.82, 2.24) is 29.3 Å². The van der Waals surface area contributed by atoms with Crippen molar-refractivity contribution in [2.24, 2.45) is 0 Å². The molecule has 0 saturated carbocycles. The number of benzene rings is 1. The summed E-state index contributed by atoms with van der Waals surface area (Å²) in [4.78, 5) is 23.7. The number of pyridine rings is 2. The predicted octanol–water partition coefficient (Wildman–Crippen LogP) is 2.45. The molecule has 0 radical (unpaired) electrons. The van der Waals surface area contributed by atoms with Crippen LogP contribution in [0.2, 0.25) is 0 Å². The number of hydrogen-bond acceptors (Lipinski definition) is 4. The average Bonchev–Trinajstić information content (AvgIpc) is 3.22. The van der Waals surface area contributed by atoms with Gasteiger partial charge in [-0.25, -0.2) is 24.0 Å². The molecule has 25 heavy (non-hydrogen) atoms. The summed E-state index contributed by atoms with van der Waals surface area (Å²) in [7, 11) is 0. The summed E-state index contributed by atoms with van der Waals surface area (Å²) in [5, 5.41) is 5.37. The summed E-state index contributed by atoms with van der Waals surface area (Å²) >= 11 is 0. The number of hydrogen-bond donors (Lipinski definition) is 1. The molecule has 7 heteroatoms. The third kappa shape index (κ3) is 2.06. The van der Waals surface area contributed by atoms with Crippen molar-refractivity contribution in [1.29, 1.82) is 0 Å². The predicted molar refractivity (Wildman–Crippen MR) is 94.1 cm³/mol. The highest BCUT2D eigenvalue weighted by Crippen LogP contribution is 2.18. The van der Waals surface area contributed by atoms with Crippen molar-refractivity contribution in [3.05, 3.63) is 77.6 Å². The van der Waals surface area contributed by atoms with Gasteiger partial charge >= 0.3 is 5.69 Å². The van der Waals surface area contributed by atoms with Crippen LogP contribution < -0.4 is 5.69 Å². The van der Waals surface area contributed by atoms with E-state index in [4.69, 9.17) is 0 Å². The lowest BCUT2D eigenvalue weighted by atomic mass is 10.2. The molecule has 7 nitrogen and oxygen atoms in total. The van der Waals surface area contributed by atoms with E-state index in [0.29, 0.717) is 11.2 Å². The molecule has 1 aromatic carbocycles. The fraction of sp³-hybridized carbons (Fsp3) is 0. The van der Waals surface area contributed by atoms with E-state index >= 15 is 0 Å². The van der Waals surface area contributed by atoms with E-state index in [1.54, 1.807) is 33.9 Å². The van der Waals surface area contributed by atoms with E-state index in [0.717, 1.165) is 22.4 Å². The third-order valence-corrected chi connectivity index (χ3v) is 4.13. The van der Waals surface area contributed by atoms with E-state index < -0.39 is 0 Å². The molecule has 5 rings (SSSR count). The fourth-order valence-electron chi connectivity index (χ4n) is 2.97. The zero-order valence-corrected chi connectivity index (χ0v) is 13.0. The van der Waals surface area contributed by atoms with Crippen molar-refractivity contribution < 1.29 is 0 Å². The van der Waals surface area contributed by atoms with Crippen LogP contribution in [0.3, 0.4) is 0 Å². The summed E-state index contributed by atoms with van der Waals surface area (Å²) in [5.41, 5.74) is 3.50. The molecule has 4 heterocycles. The highest BCUT2D eigenvalue weighted by Gasteiger charge is 2.10. The largest absolute Gasteiger partial charge is 0.332 e. The molecule has 120 valence electrons. The van der Waals surface area contributed by atoms with Crippen LogP contribution in [0.5, 0.6) is 0 Å². The topological polar surface area (TPSA) is 81.4 Å². The lowest BCUT2D eigenvalue weighted by molar-refractivity contribution is 0.894. The van der Waals surface area contributed by atoms with Gasteiger partial charge < -0.3 is 4.98 Å². The van der Waals surface area contributed by atoms with Crippen LogP contribution in [0.15, 0.2) is 71.9 Å². The lowest BCUT2D eigenvalue weighted by Gasteiger charge is -2.06. The maximum atomic E-state index is 12.3. The van der Waals surface area contributed by atoms with E-state index in [-0.39, 0.29) is 5.69 Å². The summed E-state index contributed by atoms with van der Waals surface area (Å²) in [6, 6.07) is 15.0. The van der Waals surface area contributed by atoms with Crippen LogP contribution in [-0.4, -0.2) is 29.3 Å². The Balaban J connectivity index is 1.64. The molecule has 0 spiro atoms. The molecule has 0 aliphatic rings. The van der Waals surface area contributed by atoms with Crippen LogP contribution in [0.25, 0.3) is 33.6 Å². The van der Waals surface area contributed by atoms with E-state index in [9.17, 15) is 4.79 Å². The van der Waals surface area contributed by atoms with Gasteiger partial charge in [0.05, 0.1) is 23.1 Å². The number of rotatable bonds is 2. The standard InChI is InChI=1S/C18H12N6O/c25-18-22-15-4-2-10-20-17(15)23(18)13-5-7-14(8-6-13)24-16-12(11-21-24)3-1-9-19-16/h1-11H,(H,22,25). The molecule has 0 amide bonds. The summed E-state index contributed by atoms with van der Waals surface area (Å²) in [6.07, 6.45) is 5.19. The Morgan fingerprint density at radius 3 is 2.40 bits per heavy atom. The molecule has 0 aliphatic heterocycles. The van der Waals surface area contributed by atoms with Gasteiger partial charge in [0, 0.05) is 17.8 Å². The molecule has 0 saturated heterocycles. The van der Waals surface area contributed by atoms with Gasteiger partial charge in [-0.3, -0.25) is 0 Å². The SMILES string of the molecule is O=c1[nH]c2cccnc2n1-c1ccc(-n2ncc3cccnc32)cc1. The molecule has 0 unspecified atom stereocenters. The van der Waals surface area contributed by atoms with Crippen molar-refractivity contribution in [2.75, 3.05) is 0 Å². The monoisotopic (exact) mass is 328 g/mol. The second-order valence-corrected chi connectivity index (χ2v) is 5.63. The highest BCUT2D eigenvalue weighted by molar-refractivity contribution is 5.76. The first-order chi connectivity index (χ1) is 12.3. The molecule has 0 atom stereocenters. The van der Waals surface area contributed by atoms with Gasteiger partial charge in [0.15, 0.2) is 11.3 Å². The van der Waals surface area contributed by atoms with Gasteiger partial charge in [0.25, 0.3) is 0 Å². The first-order valence-corrected chi connectivity index (χ1v) is 7.76. The number of H-pyrrole nitrogens is 1. The maximum Gasteiger partial charge on any atom is 0.332 e. The number of aromatic nitrogens is 6. The average molecular weight is 328 g/mol. The van der Waals surface area contributed by atoms with Crippen LogP contribution in [-0.2, 0) is 0 Å². The molecule has 0 fully saturated rings. The Morgan fingerprint density at radius 1 is 0.840 bits per heavy atom. The lowest BCUT2D eigenvalue weighted by Crippen LogP contribution is -2.15. The number of nitrogens with zero attached hydrogens (tertiary/aromatic N) is 5. The summed E-state index contributed by atoms with van der Waals surface area (Å²) < 4.78 is 3.33. The molecule has 4 aromatic heterocycles. The molecule has 0 bridgehead atoms. The molecule has 0 aliphatic carbocycles. The zero-order valence-electron chi connectivity index (χ0n) is 13.0. The third-order valence-electron chi connectivity index (χ3n) is 4.13. The number of aromatic amines is 1. The molecule has 5 aromatic rings. The minimum Gasteiger partial charge on any atom is -0.304 e. The molecular formula is C18H12N6O. The van der Waals surface area contributed by atoms with Crippen LogP contribution in [0.1, 0.15) is 0 Å². The van der Waals surface area contributed by atoms with Crippen molar-refractivity contribution in [3.8, 4) is 11.4 Å². The fourth-order valence-corrected chi connectivity index (χ4v) is 2.97. The van der Waals surface area contributed by atoms with Crippen LogP contribution in [0, 0.1) is 0 Å². The van der Waals surface area contributed by atoms with E-state index in [2.05, 4.69) is 20.1 Å². The first kappa shape index (κ1) is 13.7. The molecular weight excluding hydrogens is 316 g/mol. The summed E-state index contributed by atoms with van der Waals surface area (Å²) in [5.74, 6) is 0. The Labute approximate surface area is 141 Å². The Kier molecular flexibility index (Phi) is 2.81. The quantitative estimate of drug-likeness (QED) is 0.540. The highest BCUT2D eigenvalue weighted by atomic mass is 16.1. The van der Waals surface area contributed by atoms with Crippen LogP contribution in [0.4, 0.5) is 0 Å². The Hall–Kier alpha value is -3.74. The Morgan fingerprint density at radius 2 is 1.56 bits per heavy atom. The Bertz CT molecular complexity index is 1260. The van der Waals surface area contributed by atoms with Gasteiger partial charge in [-0.1, -0.05) is 0 Å². The second-order valence-electron chi connectivity index (χ2n) is 5.63. The van der Waals surface area contributed by atoms with Crippen LogP contribution >= 0.6 is 0 Å². The van der Waals surface area contributed by atoms with Gasteiger partial charge in [-0.2, -0.15) is 5.10 Å². The van der Waals surface area contributed by atoms with Gasteiger partial charge in [0.1, 0.15) is 0 Å². The number of imidazole rings is 1. The number of fused-ring (bicyclic) bond motifs is 2. The van der Waals surface area contributed by atoms with Gasteiger partial charge in [-0.15, -0.1) is 0 Å². The minimum absolute atomic E-state index is 0.215. The summed E-state index contributed by atoms with van der Waals surface area (Å²) in [6.45, 7) is 0. The van der Waals surface area contributed by atoms with Crippen molar-refractivity contribution >= 4 is 22.2 Å². The van der Waals surface area contributed by atoms with E-state index in [1.165, 1.54) is 0 Å². The van der Waals surface area contributed by atoms with Gasteiger partial charge in [-0.05, 0) is 48.5 Å². The second kappa shape index (κ2) is 5.13. The number of nitrogens with one attached hydrogen (secondary N) is 1. The van der Waals surface area contributed by atoms with Gasteiger partial charge in [0.2, 0.25) is 0 Å². The smallest absolute Gasteiger partial charge is 0.304 e. The minimum atomic E-state index is -0.215. The van der Waals surface area contributed by atoms with E-state index in [1.807, 2.05) is 42.5 Å². The molecule has 1 N–H and O–H groups in total. The zero-order chi connectivity index (χ0) is 16.8. The normalized spacial score (nSPS) is 11.4. The first-order valence-electron chi connectivity index (χ1n) is 7.76. The van der Waals surface area contributed by atoms with Crippen molar-refractivity contribution in [3.63, 3.8) is 0 Å². The maximum absolute atomic E-state index is 12.3. The van der Waals surface area contributed by atoms with Crippen molar-refractivity contribution in [2.45, 2.75) is 0 Å².